The Kier molecular flexibility index (Phi) is 7.33. The van der Waals surface area contributed by atoms with Gasteiger partial charge in [-0.2, -0.15) is 0 Å². The summed E-state index contributed by atoms with van der Waals surface area (Å²) >= 11 is 0. The maximum Gasteiger partial charge on any atom is 0.355 e. The lowest BCUT2D eigenvalue weighted by molar-refractivity contribution is 0.0591. The van der Waals surface area contributed by atoms with Crippen LogP contribution in [0.25, 0.3) is 27.6 Å². The first-order chi connectivity index (χ1) is 18.3. The fourth-order valence-electron chi connectivity index (χ4n) is 4.41. The molecule has 4 aromatic rings. The summed E-state index contributed by atoms with van der Waals surface area (Å²) in [5, 5.41) is 10.8. The second kappa shape index (κ2) is 10.6. The number of rotatable bonds is 8. The molecule has 0 saturated carbocycles. The van der Waals surface area contributed by atoms with Crippen LogP contribution in [0.5, 0.6) is 34.5 Å². The summed E-state index contributed by atoms with van der Waals surface area (Å²) in [7, 11) is 8.58. The van der Waals surface area contributed by atoms with Crippen LogP contribution >= 0.6 is 0 Å². The van der Waals surface area contributed by atoms with Crippen LogP contribution in [0, 0.1) is 0 Å². The van der Waals surface area contributed by atoms with E-state index in [1.54, 1.807) is 36.4 Å². The van der Waals surface area contributed by atoms with Gasteiger partial charge in [0, 0.05) is 17.0 Å². The number of benzene rings is 3. The van der Waals surface area contributed by atoms with Crippen molar-refractivity contribution in [1.29, 1.82) is 0 Å². The van der Waals surface area contributed by atoms with E-state index in [1.807, 2.05) is 0 Å². The number of methoxy groups -OCH3 is 6. The minimum absolute atomic E-state index is 0.0860. The number of carbonyl (C=O) groups is 1. The lowest BCUT2D eigenvalue weighted by Gasteiger charge is -2.21. The van der Waals surface area contributed by atoms with E-state index >= 15 is 0 Å². The lowest BCUT2D eigenvalue weighted by atomic mass is 9.95. The molecule has 0 unspecified atom stereocenters. The molecule has 0 atom stereocenters. The second-order valence-electron chi connectivity index (χ2n) is 8.04. The first kappa shape index (κ1) is 26.2. The predicted molar refractivity (Wildman–Crippen MR) is 141 cm³/mol. The molecule has 0 amide bonds. The smallest absolute Gasteiger partial charge is 0.355 e. The van der Waals surface area contributed by atoms with Gasteiger partial charge in [0.2, 0.25) is 5.75 Å². The fourth-order valence-corrected chi connectivity index (χ4v) is 4.41. The van der Waals surface area contributed by atoms with Crippen LogP contribution in [0.3, 0.4) is 0 Å². The Hall–Kier alpha value is -4.86. The van der Waals surface area contributed by atoms with E-state index in [2.05, 4.69) is 0 Å². The van der Waals surface area contributed by atoms with Crippen molar-refractivity contribution in [3.63, 3.8) is 0 Å². The summed E-state index contributed by atoms with van der Waals surface area (Å²) in [5.41, 5.74) is 0.419. The van der Waals surface area contributed by atoms with Crippen LogP contribution in [0.15, 0.2) is 53.3 Å². The Morgan fingerprint density at radius 1 is 0.737 bits per heavy atom. The first-order valence-corrected chi connectivity index (χ1v) is 11.4. The molecule has 0 bridgehead atoms. The normalized spacial score (nSPS) is 10.7. The van der Waals surface area contributed by atoms with Crippen molar-refractivity contribution >= 4 is 16.7 Å². The molecule has 0 aliphatic rings. The SMILES string of the molecule is COC(=O)c1c(-c2cc(OC)c(OC)c(OC)c2)c2cc(OC)c(OC)cc2c(=O)n1-c1cccc(O)c1. The quantitative estimate of drug-likeness (QED) is 0.341. The summed E-state index contributed by atoms with van der Waals surface area (Å²) in [6.45, 7) is 0. The molecule has 10 heteroatoms. The highest BCUT2D eigenvalue weighted by atomic mass is 16.5. The summed E-state index contributed by atoms with van der Waals surface area (Å²) in [6.07, 6.45) is 0. The van der Waals surface area contributed by atoms with Gasteiger partial charge in [0.25, 0.3) is 5.56 Å². The number of ether oxygens (including phenoxy) is 6. The van der Waals surface area contributed by atoms with Crippen molar-refractivity contribution in [2.24, 2.45) is 0 Å². The van der Waals surface area contributed by atoms with Gasteiger partial charge in [-0.05, 0) is 42.0 Å². The Balaban J connectivity index is 2.31. The topological polar surface area (TPSA) is 115 Å². The standard InChI is InChI=1S/C28H27NO9/c1-33-20-13-18-19(14-21(20)34-2)27(31)29(16-8-7-9-17(30)12-16)25(28(32)38-6)24(18)15-10-22(35-3)26(37-5)23(11-15)36-4/h7-14,30H,1-6H3. The maximum absolute atomic E-state index is 14.0. The van der Waals surface area contributed by atoms with Crippen molar-refractivity contribution in [3.8, 4) is 51.3 Å². The first-order valence-electron chi connectivity index (χ1n) is 11.4. The molecule has 0 saturated heterocycles. The molecule has 1 aromatic heterocycles. The number of pyridine rings is 1. The highest BCUT2D eigenvalue weighted by Gasteiger charge is 2.28. The number of phenols is 1. The largest absolute Gasteiger partial charge is 0.508 e. The highest BCUT2D eigenvalue weighted by molar-refractivity contribution is 6.08. The van der Waals surface area contributed by atoms with Crippen molar-refractivity contribution in [2.75, 3.05) is 42.7 Å². The van der Waals surface area contributed by atoms with E-state index in [1.165, 1.54) is 59.4 Å². The van der Waals surface area contributed by atoms with Gasteiger partial charge in [-0.3, -0.25) is 9.36 Å². The van der Waals surface area contributed by atoms with Gasteiger partial charge in [0.1, 0.15) is 11.4 Å². The average Bonchev–Trinajstić information content (AvgIpc) is 2.94. The molecule has 10 nitrogen and oxygen atoms in total. The Bertz CT molecular complexity index is 1570. The third-order valence-corrected chi connectivity index (χ3v) is 6.11. The monoisotopic (exact) mass is 521 g/mol. The zero-order chi connectivity index (χ0) is 27.6. The molecule has 0 aliphatic heterocycles. The average molecular weight is 522 g/mol. The summed E-state index contributed by atoms with van der Waals surface area (Å²) in [6, 6.07) is 12.5. The number of phenolic OH excluding ortho intramolecular Hbond substituents is 1. The van der Waals surface area contributed by atoms with Crippen LogP contribution in [-0.2, 0) is 4.74 Å². The summed E-state index contributed by atoms with van der Waals surface area (Å²) < 4.78 is 33.9. The molecule has 3 aromatic carbocycles. The maximum atomic E-state index is 14.0. The van der Waals surface area contributed by atoms with Gasteiger partial charge >= 0.3 is 5.97 Å². The zero-order valence-corrected chi connectivity index (χ0v) is 21.8. The third kappa shape index (κ3) is 4.30. The Morgan fingerprint density at radius 3 is 1.82 bits per heavy atom. The van der Waals surface area contributed by atoms with Crippen LogP contribution < -0.4 is 29.2 Å². The molecule has 0 fully saturated rings. The van der Waals surface area contributed by atoms with Gasteiger partial charge < -0.3 is 33.5 Å². The van der Waals surface area contributed by atoms with Crippen molar-refractivity contribution < 1.29 is 38.3 Å². The number of aromatic nitrogens is 1. The number of carbonyl (C=O) groups excluding carboxylic acids is 1. The second-order valence-corrected chi connectivity index (χ2v) is 8.04. The summed E-state index contributed by atoms with van der Waals surface area (Å²) in [4.78, 5) is 27.4. The molecule has 38 heavy (non-hydrogen) atoms. The Morgan fingerprint density at radius 2 is 1.32 bits per heavy atom. The summed E-state index contributed by atoms with van der Waals surface area (Å²) in [5.74, 6) is 0.809. The molecule has 1 heterocycles. The van der Waals surface area contributed by atoms with Crippen LogP contribution in [0.4, 0.5) is 0 Å². The molecular weight excluding hydrogens is 494 g/mol. The van der Waals surface area contributed by atoms with Gasteiger partial charge in [0.15, 0.2) is 23.0 Å². The highest BCUT2D eigenvalue weighted by Crippen LogP contribution is 2.45. The molecule has 0 aliphatic carbocycles. The van der Waals surface area contributed by atoms with Crippen molar-refractivity contribution in [3.05, 3.63) is 64.6 Å². The number of esters is 1. The van der Waals surface area contributed by atoms with E-state index in [0.29, 0.717) is 45.3 Å². The van der Waals surface area contributed by atoms with Crippen LogP contribution in [0.2, 0.25) is 0 Å². The zero-order valence-electron chi connectivity index (χ0n) is 21.8. The van der Waals surface area contributed by atoms with Crippen molar-refractivity contribution in [1.82, 2.24) is 4.57 Å². The van der Waals surface area contributed by atoms with Gasteiger partial charge in [-0.1, -0.05) is 6.07 Å². The minimum atomic E-state index is -0.786. The van der Waals surface area contributed by atoms with Gasteiger partial charge in [-0.15, -0.1) is 0 Å². The fraction of sp³-hybridized carbons (Fsp3) is 0.214. The number of aromatic hydroxyl groups is 1. The van der Waals surface area contributed by atoms with Crippen LogP contribution in [0.1, 0.15) is 10.5 Å². The number of hydrogen-bond acceptors (Lipinski definition) is 9. The van der Waals surface area contributed by atoms with E-state index in [9.17, 15) is 14.7 Å². The molecule has 198 valence electrons. The molecular formula is C28H27NO9. The number of hydrogen-bond donors (Lipinski definition) is 1. The van der Waals surface area contributed by atoms with Gasteiger partial charge in [0.05, 0.1) is 53.7 Å². The van der Waals surface area contributed by atoms with E-state index < -0.39 is 11.5 Å². The van der Waals surface area contributed by atoms with Crippen molar-refractivity contribution in [2.45, 2.75) is 0 Å². The van der Waals surface area contributed by atoms with E-state index in [0.717, 1.165) is 0 Å². The van der Waals surface area contributed by atoms with E-state index in [-0.39, 0.29) is 22.5 Å². The molecule has 0 radical (unpaired) electrons. The lowest BCUT2D eigenvalue weighted by Crippen LogP contribution is -2.27. The molecule has 0 spiro atoms. The van der Waals surface area contributed by atoms with E-state index in [4.69, 9.17) is 28.4 Å². The Labute approximate surface area is 218 Å². The third-order valence-electron chi connectivity index (χ3n) is 6.11. The molecule has 1 N–H and O–H groups in total. The minimum Gasteiger partial charge on any atom is -0.508 e. The predicted octanol–water partition coefficient (Wildman–Crippen LogP) is 4.19. The van der Waals surface area contributed by atoms with Gasteiger partial charge in [-0.25, -0.2) is 4.79 Å². The van der Waals surface area contributed by atoms with Crippen LogP contribution in [-0.4, -0.2) is 58.3 Å². The number of nitrogens with zero attached hydrogens (tertiary/aromatic N) is 1. The number of fused-ring (bicyclic) bond motifs is 1. The molecule has 4 rings (SSSR count).